The van der Waals surface area contributed by atoms with Crippen molar-refractivity contribution in [2.45, 2.75) is 0 Å². The molecule has 112 valence electrons. The largest absolute Gasteiger partial charge is 0.297 e. The normalized spacial score (nSPS) is 12.2. The van der Waals surface area contributed by atoms with Crippen LogP contribution in [-0.4, -0.2) is 14.4 Å². The van der Waals surface area contributed by atoms with Crippen molar-refractivity contribution in [2.24, 2.45) is 0 Å². The Bertz CT molecular complexity index is 1410. The smallest absolute Gasteiger partial charge is 0.163 e. The van der Waals surface area contributed by atoms with E-state index >= 15 is 0 Å². The van der Waals surface area contributed by atoms with E-state index in [0.717, 1.165) is 16.6 Å². The molecule has 0 spiro atoms. The van der Waals surface area contributed by atoms with Crippen molar-refractivity contribution < 1.29 is 0 Å². The number of nitrogens with zero attached hydrogens (tertiary/aromatic N) is 3. The molecule has 6 aromatic rings. The molecule has 0 atom stereocenters. The summed E-state index contributed by atoms with van der Waals surface area (Å²) >= 11 is 1.84. The number of fused-ring (bicyclic) bond motifs is 10. The summed E-state index contributed by atoms with van der Waals surface area (Å²) in [5, 5.41) is 4.99. The van der Waals surface area contributed by atoms with Gasteiger partial charge < -0.3 is 0 Å². The lowest BCUT2D eigenvalue weighted by Crippen LogP contribution is -1.92. The molecule has 2 aromatic carbocycles. The predicted octanol–water partition coefficient (Wildman–Crippen LogP) is 5.40. The highest BCUT2D eigenvalue weighted by Crippen LogP contribution is 2.40. The standard InChI is InChI=1S/C20H11N3S/c1-2-6-15-14(4-1)17-16(24-15)8-7-13-12-5-3-9-21-18(12)20-22-10-11-23(20)19(13)17/h1-11H. The van der Waals surface area contributed by atoms with Crippen molar-refractivity contribution in [1.29, 1.82) is 0 Å². The molecule has 6 rings (SSSR count). The summed E-state index contributed by atoms with van der Waals surface area (Å²) in [4.78, 5) is 9.15. The fourth-order valence-electron chi connectivity index (χ4n) is 3.73. The van der Waals surface area contributed by atoms with Gasteiger partial charge in [0, 0.05) is 49.5 Å². The van der Waals surface area contributed by atoms with Crippen LogP contribution in [0.5, 0.6) is 0 Å². The number of pyridine rings is 2. The zero-order valence-corrected chi connectivity index (χ0v) is 13.4. The van der Waals surface area contributed by atoms with Crippen LogP contribution in [0.15, 0.2) is 67.1 Å². The summed E-state index contributed by atoms with van der Waals surface area (Å²) in [5.41, 5.74) is 3.09. The van der Waals surface area contributed by atoms with Crippen LogP contribution in [-0.2, 0) is 0 Å². The van der Waals surface area contributed by atoms with E-state index < -0.39 is 0 Å². The second-order valence-electron chi connectivity index (χ2n) is 5.95. The summed E-state index contributed by atoms with van der Waals surface area (Å²) in [7, 11) is 0. The van der Waals surface area contributed by atoms with Gasteiger partial charge in [0.15, 0.2) is 5.65 Å². The number of thiophene rings is 1. The Kier molecular flexibility index (Phi) is 2.23. The number of rotatable bonds is 0. The maximum absolute atomic E-state index is 4.58. The monoisotopic (exact) mass is 325 g/mol. The summed E-state index contributed by atoms with van der Waals surface area (Å²) in [6.45, 7) is 0. The molecule has 0 aliphatic heterocycles. The van der Waals surface area contributed by atoms with E-state index in [1.807, 2.05) is 36.0 Å². The fourth-order valence-corrected chi connectivity index (χ4v) is 4.83. The van der Waals surface area contributed by atoms with Gasteiger partial charge in [0.05, 0.1) is 5.52 Å². The Morgan fingerprint density at radius 3 is 2.67 bits per heavy atom. The molecule has 0 fully saturated rings. The van der Waals surface area contributed by atoms with Crippen molar-refractivity contribution in [2.75, 3.05) is 0 Å². The van der Waals surface area contributed by atoms with Crippen LogP contribution in [0.4, 0.5) is 0 Å². The number of hydrogen-bond donors (Lipinski definition) is 0. The molecule has 0 bridgehead atoms. The third kappa shape index (κ3) is 1.42. The zero-order valence-electron chi connectivity index (χ0n) is 12.6. The third-order valence-corrected chi connectivity index (χ3v) is 5.84. The number of hydrogen-bond acceptors (Lipinski definition) is 3. The topological polar surface area (TPSA) is 30.2 Å². The van der Waals surface area contributed by atoms with Gasteiger partial charge in [-0.05, 0) is 18.2 Å². The molecule has 24 heavy (non-hydrogen) atoms. The van der Waals surface area contributed by atoms with E-state index in [4.69, 9.17) is 0 Å². The molecule has 0 aliphatic rings. The van der Waals surface area contributed by atoms with Gasteiger partial charge in [-0.2, -0.15) is 0 Å². The second-order valence-corrected chi connectivity index (χ2v) is 7.04. The lowest BCUT2D eigenvalue weighted by Gasteiger charge is -2.09. The molecule has 0 radical (unpaired) electrons. The van der Waals surface area contributed by atoms with Gasteiger partial charge in [-0.3, -0.25) is 9.38 Å². The Labute approximate surface area is 140 Å². The van der Waals surface area contributed by atoms with Crippen molar-refractivity contribution in [1.82, 2.24) is 14.4 Å². The lowest BCUT2D eigenvalue weighted by atomic mass is 10.0. The van der Waals surface area contributed by atoms with Gasteiger partial charge >= 0.3 is 0 Å². The molecule has 0 saturated carbocycles. The van der Waals surface area contributed by atoms with Gasteiger partial charge in [-0.15, -0.1) is 11.3 Å². The highest BCUT2D eigenvalue weighted by Gasteiger charge is 2.15. The van der Waals surface area contributed by atoms with E-state index in [9.17, 15) is 0 Å². The van der Waals surface area contributed by atoms with E-state index in [0.29, 0.717) is 0 Å². The van der Waals surface area contributed by atoms with Gasteiger partial charge in [-0.25, -0.2) is 4.98 Å². The first-order chi connectivity index (χ1) is 11.9. The van der Waals surface area contributed by atoms with E-state index in [1.165, 1.54) is 31.1 Å². The minimum atomic E-state index is 0.917. The van der Waals surface area contributed by atoms with Crippen LogP contribution in [0.2, 0.25) is 0 Å². The summed E-state index contributed by atoms with van der Waals surface area (Å²) in [6, 6.07) is 17.2. The van der Waals surface area contributed by atoms with Crippen molar-refractivity contribution in [3.8, 4) is 0 Å². The molecule has 3 nitrogen and oxygen atoms in total. The van der Waals surface area contributed by atoms with Crippen LogP contribution in [0, 0.1) is 0 Å². The average molecular weight is 325 g/mol. The van der Waals surface area contributed by atoms with Crippen LogP contribution in [0.3, 0.4) is 0 Å². The molecule has 0 saturated heterocycles. The quantitative estimate of drug-likeness (QED) is 0.350. The first-order valence-electron chi connectivity index (χ1n) is 7.85. The van der Waals surface area contributed by atoms with Crippen LogP contribution >= 0.6 is 11.3 Å². The average Bonchev–Trinajstić information content (AvgIpc) is 3.26. The zero-order chi connectivity index (χ0) is 15.7. The molecule has 4 heteroatoms. The molecular weight excluding hydrogens is 314 g/mol. The highest BCUT2D eigenvalue weighted by molar-refractivity contribution is 7.26. The maximum atomic E-state index is 4.58. The van der Waals surface area contributed by atoms with Gasteiger partial charge in [0.1, 0.15) is 5.52 Å². The Hall–Kier alpha value is -2.98. The van der Waals surface area contributed by atoms with Crippen molar-refractivity contribution in [3.05, 3.63) is 67.1 Å². The number of benzene rings is 2. The highest BCUT2D eigenvalue weighted by atomic mass is 32.1. The van der Waals surface area contributed by atoms with Gasteiger partial charge in [0.25, 0.3) is 0 Å². The molecular formula is C20H11N3S. The fraction of sp³-hybridized carbons (Fsp3) is 0. The van der Waals surface area contributed by atoms with Crippen LogP contribution < -0.4 is 0 Å². The molecule has 4 aromatic heterocycles. The first kappa shape index (κ1) is 12.4. The molecule has 0 N–H and O–H groups in total. The van der Waals surface area contributed by atoms with Crippen molar-refractivity contribution in [3.63, 3.8) is 0 Å². The van der Waals surface area contributed by atoms with Crippen LogP contribution in [0.25, 0.3) is 47.6 Å². The third-order valence-electron chi connectivity index (χ3n) is 4.71. The molecule has 0 amide bonds. The minimum absolute atomic E-state index is 0.917. The lowest BCUT2D eigenvalue weighted by molar-refractivity contribution is 1.26. The maximum Gasteiger partial charge on any atom is 0.163 e. The molecule has 0 aliphatic carbocycles. The Morgan fingerprint density at radius 2 is 1.67 bits per heavy atom. The second kappa shape index (κ2) is 4.30. The first-order valence-corrected chi connectivity index (χ1v) is 8.67. The SMILES string of the molecule is c1ccc2c(c1)sc1ccc3c4cccnc4c4nccn4c3c12. The van der Waals surface area contributed by atoms with Gasteiger partial charge in [0.2, 0.25) is 0 Å². The summed E-state index contributed by atoms with van der Waals surface area (Å²) in [5.74, 6) is 0. The number of imidazole rings is 1. The van der Waals surface area contributed by atoms with Crippen LogP contribution in [0.1, 0.15) is 0 Å². The van der Waals surface area contributed by atoms with E-state index in [1.54, 1.807) is 0 Å². The van der Waals surface area contributed by atoms with E-state index in [2.05, 4.69) is 56.8 Å². The Balaban J connectivity index is 2.06. The summed E-state index contributed by atoms with van der Waals surface area (Å²) in [6.07, 6.45) is 5.73. The van der Waals surface area contributed by atoms with E-state index in [-0.39, 0.29) is 0 Å². The molecule has 4 heterocycles. The van der Waals surface area contributed by atoms with Gasteiger partial charge in [-0.1, -0.05) is 30.3 Å². The Morgan fingerprint density at radius 1 is 0.750 bits per heavy atom. The molecule has 0 unspecified atom stereocenters. The minimum Gasteiger partial charge on any atom is -0.297 e. The summed E-state index contributed by atoms with van der Waals surface area (Å²) < 4.78 is 4.81. The predicted molar refractivity (Wildman–Crippen MR) is 101 cm³/mol. The van der Waals surface area contributed by atoms with Crippen molar-refractivity contribution >= 4 is 59.0 Å². The number of aromatic nitrogens is 3.